The average Bonchev–Trinajstić information content (AvgIpc) is 2.63. The van der Waals surface area contributed by atoms with Crippen molar-refractivity contribution in [3.05, 3.63) is 60.7 Å². The summed E-state index contributed by atoms with van der Waals surface area (Å²) in [6.45, 7) is 0. The van der Waals surface area contributed by atoms with Crippen LogP contribution in [0.25, 0.3) is 11.1 Å². The molecule has 6 heteroatoms. The van der Waals surface area contributed by atoms with Crippen LogP contribution in [0.3, 0.4) is 0 Å². The third-order valence-electron chi connectivity index (χ3n) is 3.38. The van der Waals surface area contributed by atoms with Gasteiger partial charge in [-0.1, -0.05) is 18.2 Å². The van der Waals surface area contributed by atoms with Gasteiger partial charge >= 0.3 is 6.01 Å². The first-order chi connectivity index (χ1) is 11.7. The van der Waals surface area contributed by atoms with Crippen molar-refractivity contribution in [2.45, 2.75) is 0 Å². The van der Waals surface area contributed by atoms with Gasteiger partial charge in [0.05, 0.1) is 14.2 Å². The number of hydrogen-bond acceptors (Lipinski definition) is 5. The number of benzene rings is 2. The summed E-state index contributed by atoms with van der Waals surface area (Å²) in [4.78, 5) is 8.37. The second-order valence-electron chi connectivity index (χ2n) is 4.85. The summed E-state index contributed by atoms with van der Waals surface area (Å²) in [7, 11) is 3.08. The van der Waals surface area contributed by atoms with Crippen LogP contribution >= 0.6 is 0 Å². The normalized spacial score (nSPS) is 10.3. The Labute approximate surface area is 138 Å². The number of methoxy groups -OCH3 is 2. The lowest BCUT2D eigenvalue weighted by molar-refractivity contribution is 0.336. The highest BCUT2D eigenvalue weighted by Gasteiger charge is 2.13. The van der Waals surface area contributed by atoms with Gasteiger partial charge in [0.2, 0.25) is 5.75 Å². The molecule has 0 bridgehead atoms. The van der Waals surface area contributed by atoms with Crippen LogP contribution in [0.1, 0.15) is 0 Å². The van der Waals surface area contributed by atoms with Gasteiger partial charge in [-0.3, -0.25) is 0 Å². The molecule has 0 saturated heterocycles. The van der Waals surface area contributed by atoms with Crippen molar-refractivity contribution in [2.75, 3.05) is 14.2 Å². The summed E-state index contributed by atoms with van der Waals surface area (Å²) in [6, 6.07) is 11.6. The van der Waals surface area contributed by atoms with E-state index < -0.39 is 0 Å². The van der Waals surface area contributed by atoms with Crippen molar-refractivity contribution in [1.82, 2.24) is 9.97 Å². The van der Waals surface area contributed by atoms with Gasteiger partial charge in [-0.05, 0) is 29.8 Å². The van der Waals surface area contributed by atoms with Crippen LogP contribution < -0.4 is 14.2 Å². The number of aromatic nitrogens is 2. The quantitative estimate of drug-likeness (QED) is 0.707. The molecule has 0 unspecified atom stereocenters. The maximum absolute atomic E-state index is 13.0. The van der Waals surface area contributed by atoms with E-state index in [0.717, 1.165) is 11.1 Å². The van der Waals surface area contributed by atoms with E-state index in [9.17, 15) is 4.39 Å². The highest BCUT2D eigenvalue weighted by atomic mass is 19.1. The fourth-order valence-corrected chi connectivity index (χ4v) is 2.17. The zero-order valence-corrected chi connectivity index (χ0v) is 13.2. The monoisotopic (exact) mass is 326 g/mol. The predicted octanol–water partition coefficient (Wildman–Crippen LogP) is 4.09. The van der Waals surface area contributed by atoms with E-state index in [4.69, 9.17) is 14.2 Å². The molecule has 0 amide bonds. The van der Waals surface area contributed by atoms with Gasteiger partial charge in [0, 0.05) is 18.0 Å². The van der Waals surface area contributed by atoms with E-state index in [1.54, 1.807) is 56.9 Å². The zero-order chi connectivity index (χ0) is 16.9. The van der Waals surface area contributed by atoms with E-state index in [1.807, 2.05) is 0 Å². The maximum Gasteiger partial charge on any atom is 0.322 e. The van der Waals surface area contributed by atoms with Gasteiger partial charge < -0.3 is 14.2 Å². The third kappa shape index (κ3) is 3.27. The smallest absolute Gasteiger partial charge is 0.322 e. The minimum absolute atomic E-state index is 0.156. The molecule has 122 valence electrons. The standard InChI is InChI=1S/C18H15FN2O3/c1-22-15-4-3-5-16(23-2)17(15)24-18-20-10-13(11-21-18)12-6-8-14(19)9-7-12/h3-11H,1-2H3. The Balaban J connectivity index is 1.86. The van der Waals surface area contributed by atoms with Gasteiger partial charge in [-0.2, -0.15) is 0 Å². The van der Waals surface area contributed by atoms with Gasteiger partial charge in [0.25, 0.3) is 0 Å². The molecule has 0 radical (unpaired) electrons. The molecule has 3 rings (SSSR count). The summed E-state index contributed by atoms with van der Waals surface area (Å²) in [6.07, 6.45) is 3.22. The van der Waals surface area contributed by atoms with Crippen LogP contribution in [0.4, 0.5) is 4.39 Å². The van der Waals surface area contributed by atoms with Crippen LogP contribution in [0, 0.1) is 5.82 Å². The van der Waals surface area contributed by atoms with Gasteiger partial charge in [-0.15, -0.1) is 0 Å². The van der Waals surface area contributed by atoms with Crippen molar-refractivity contribution in [1.29, 1.82) is 0 Å². The van der Waals surface area contributed by atoms with Crippen LogP contribution in [-0.2, 0) is 0 Å². The Bertz CT molecular complexity index is 798. The van der Waals surface area contributed by atoms with Crippen LogP contribution in [0.2, 0.25) is 0 Å². The highest BCUT2D eigenvalue weighted by molar-refractivity contribution is 5.61. The Hall–Kier alpha value is -3.15. The lowest BCUT2D eigenvalue weighted by Crippen LogP contribution is -1.97. The molecule has 5 nitrogen and oxygen atoms in total. The molecule has 1 heterocycles. The summed E-state index contributed by atoms with van der Waals surface area (Å²) in [5.41, 5.74) is 1.58. The van der Waals surface area contributed by atoms with Crippen LogP contribution in [0.5, 0.6) is 23.3 Å². The third-order valence-corrected chi connectivity index (χ3v) is 3.38. The summed E-state index contributed by atoms with van der Waals surface area (Å²) in [5, 5.41) is 0. The molecular weight excluding hydrogens is 311 g/mol. The van der Waals surface area contributed by atoms with Gasteiger partial charge in [0.15, 0.2) is 11.5 Å². The topological polar surface area (TPSA) is 53.5 Å². The molecule has 0 N–H and O–H groups in total. The number of rotatable bonds is 5. The number of halogens is 1. The minimum atomic E-state index is -0.289. The second kappa shape index (κ2) is 6.95. The van der Waals surface area contributed by atoms with E-state index in [2.05, 4.69) is 9.97 Å². The van der Waals surface area contributed by atoms with Crippen molar-refractivity contribution in [2.24, 2.45) is 0 Å². The van der Waals surface area contributed by atoms with Crippen molar-refractivity contribution in [3.8, 4) is 34.4 Å². The van der Waals surface area contributed by atoms with Gasteiger partial charge in [-0.25, -0.2) is 14.4 Å². The Morgan fingerprint density at radius 3 is 1.92 bits per heavy atom. The molecule has 2 aromatic carbocycles. The second-order valence-corrected chi connectivity index (χ2v) is 4.85. The van der Waals surface area contributed by atoms with E-state index in [0.29, 0.717) is 17.2 Å². The molecule has 0 atom stereocenters. The Kier molecular flexibility index (Phi) is 4.56. The highest BCUT2D eigenvalue weighted by Crippen LogP contribution is 2.39. The van der Waals surface area contributed by atoms with E-state index in [1.165, 1.54) is 12.1 Å². The van der Waals surface area contributed by atoms with Gasteiger partial charge in [0.1, 0.15) is 5.82 Å². The summed E-state index contributed by atoms with van der Waals surface area (Å²) in [5.74, 6) is 1.14. The number of para-hydroxylation sites is 1. The number of nitrogens with zero attached hydrogens (tertiary/aromatic N) is 2. The molecule has 0 aliphatic rings. The first-order valence-electron chi connectivity index (χ1n) is 7.18. The lowest BCUT2D eigenvalue weighted by atomic mass is 10.1. The molecule has 24 heavy (non-hydrogen) atoms. The molecule has 0 aliphatic carbocycles. The number of hydrogen-bond donors (Lipinski definition) is 0. The Morgan fingerprint density at radius 2 is 1.38 bits per heavy atom. The van der Waals surface area contributed by atoms with Crippen molar-refractivity contribution < 1.29 is 18.6 Å². The average molecular weight is 326 g/mol. The molecule has 3 aromatic rings. The fourth-order valence-electron chi connectivity index (χ4n) is 2.17. The first kappa shape index (κ1) is 15.7. The molecule has 0 fully saturated rings. The van der Waals surface area contributed by atoms with Crippen LogP contribution in [-0.4, -0.2) is 24.2 Å². The van der Waals surface area contributed by atoms with E-state index in [-0.39, 0.29) is 11.8 Å². The fraction of sp³-hybridized carbons (Fsp3) is 0.111. The summed E-state index contributed by atoms with van der Waals surface area (Å²) < 4.78 is 29.2. The molecular formula is C18H15FN2O3. The maximum atomic E-state index is 13.0. The first-order valence-corrected chi connectivity index (χ1v) is 7.18. The predicted molar refractivity (Wildman–Crippen MR) is 87.0 cm³/mol. The molecule has 0 aliphatic heterocycles. The zero-order valence-electron chi connectivity index (χ0n) is 13.2. The Morgan fingerprint density at radius 1 is 0.792 bits per heavy atom. The minimum Gasteiger partial charge on any atom is -0.493 e. The SMILES string of the molecule is COc1cccc(OC)c1Oc1ncc(-c2ccc(F)cc2)cn1. The van der Waals surface area contributed by atoms with E-state index >= 15 is 0 Å². The largest absolute Gasteiger partial charge is 0.493 e. The van der Waals surface area contributed by atoms with Crippen LogP contribution in [0.15, 0.2) is 54.9 Å². The number of ether oxygens (including phenoxy) is 3. The lowest BCUT2D eigenvalue weighted by Gasteiger charge is -2.12. The van der Waals surface area contributed by atoms with Crippen molar-refractivity contribution in [3.63, 3.8) is 0 Å². The molecule has 0 saturated carbocycles. The molecule has 1 aromatic heterocycles. The summed E-state index contributed by atoms with van der Waals surface area (Å²) >= 11 is 0. The molecule has 0 spiro atoms. The van der Waals surface area contributed by atoms with Crippen molar-refractivity contribution >= 4 is 0 Å².